The molecule has 0 spiro atoms. The Balaban J connectivity index is 1.81. The second-order valence-electron chi connectivity index (χ2n) is 6.56. The van der Waals surface area contributed by atoms with E-state index in [1.807, 2.05) is 30.3 Å². The third kappa shape index (κ3) is 3.31. The average molecular weight is 416 g/mol. The minimum atomic E-state index is -2.00. The number of halogens is 1. The lowest BCUT2D eigenvalue weighted by molar-refractivity contribution is -0.117. The molecule has 0 bridgehead atoms. The Labute approximate surface area is 167 Å². The molecule has 2 heterocycles. The summed E-state index contributed by atoms with van der Waals surface area (Å²) in [5, 5.41) is 13.4. The number of hydrogen-bond donors (Lipinski definition) is 3. The van der Waals surface area contributed by atoms with E-state index in [0.29, 0.717) is 6.54 Å². The van der Waals surface area contributed by atoms with Crippen LogP contribution < -0.4 is 19.9 Å². The first-order chi connectivity index (χ1) is 13.9. The summed E-state index contributed by atoms with van der Waals surface area (Å²) in [6.07, 6.45) is 0. The van der Waals surface area contributed by atoms with Gasteiger partial charge in [0.15, 0.2) is 5.82 Å². The summed E-state index contributed by atoms with van der Waals surface area (Å²) in [5.41, 5.74) is 0.543. The summed E-state index contributed by atoms with van der Waals surface area (Å²) in [6.45, 7) is 0.0101. The van der Waals surface area contributed by atoms with Crippen molar-refractivity contribution >= 4 is 39.4 Å². The Bertz CT molecular complexity index is 1210. The number of anilines is 2. The first kappa shape index (κ1) is 18.9. The van der Waals surface area contributed by atoms with Crippen LogP contribution >= 0.6 is 0 Å². The minimum Gasteiger partial charge on any atom is -0.506 e. The van der Waals surface area contributed by atoms with E-state index in [4.69, 9.17) is 0 Å². The third-order valence-corrected chi connectivity index (χ3v) is 5.80. The van der Waals surface area contributed by atoms with Gasteiger partial charge in [0.1, 0.15) is 23.7 Å². The van der Waals surface area contributed by atoms with Crippen LogP contribution in [-0.2, 0) is 29.6 Å². The van der Waals surface area contributed by atoms with Gasteiger partial charge < -0.3 is 15.0 Å². The first-order valence-corrected chi connectivity index (χ1v) is 9.79. The number of fused-ring (bicyclic) bond motifs is 1. The summed E-state index contributed by atoms with van der Waals surface area (Å²) in [5.74, 6) is -1.93. The maximum Gasteiger partial charge on any atom is 0.274 e. The molecule has 8 nitrogen and oxygen atoms in total. The molecule has 4 rings (SSSR count). The Morgan fingerprint density at radius 2 is 1.97 bits per heavy atom. The topological polar surface area (TPSA) is 104 Å². The van der Waals surface area contributed by atoms with Crippen LogP contribution in [0.2, 0.25) is 0 Å². The highest BCUT2D eigenvalue weighted by Crippen LogP contribution is 2.37. The number of benzene rings is 2. The fourth-order valence-corrected chi connectivity index (χ4v) is 4.18. The minimum absolute atomic E-state index is 0.0480. The molecule has 1 atom stereocenters. The molecule has 3 N–H and O–H groups in total. The largest absolute Gasteiger partial charge is 0.506 e. The molecule has 0 radical (unpaired) electrons. The summed E-state index contributed by atoms with van der Waals surface area (Å²) in [7, 11) is 1.47. The number of carbonyl (C=O) groups excluding carboxylic acids is 1. The van der Waals surface area contributed by atoms with Gasteiger partial charge in [0, 0.05) is 25.0 Å². The number of phenolic OH excluding ortho intramolecular Hbond substituents is 1. The monoisotopic (exact) mass is 416 g/mol. The maximum atomic E-state index is 15.3. The number of nitrogens with zero attached hydrogens (tertiary/aromatic N) is 2. The summed E-state index contributed by atoms with van der Waals surface area (Å²) >= 11 is -2.00. The van der Waals surface area contributed by atoms with Gasteiger partial charge in [-0.2, -0.15) is 0 Å². The van der Waals surface area contributed by atoms with Gasteiger partial charge in [-0.15, -0.1) is 0 Å². The van der Waals surface area contributed by atoms with E-state index in [2.05, 4.69) is 10.0 Å². The zero-order valence-corrected chi connectivity index (χ0v) is 16.1. The summed E-state index contributed by atoms with van der Waals surface area (Å²) < 4.78 is 31.7. The molecule has 10 heteroatoms. The fourth-order valence-electron chi connectivity index (χ4n) is 3.23. The van der Waals surface area contributed by atoms with Gasteiger partial charge in [0.2, 0.25) is 11.2 Å². The fraction of sp³-hybridized carbons (Fsp3) is 0.158. The van der Waals surface area contributed by atoms with E-state index < -0.39 is 28.6 Å². The Morgan fingerprint density at radius 3 is 2.62 bits per heavy atom. The van der Waals surface area contributed by atoms with E-state index in [0.717, 1.165) is 9.87 Å². The zero-order chi connectivity index (χ0) is 20.7. The van der Waals surface area contributed by atoms with Crippen LogP contribution in [0.25, 0.3) is 10.9 Å². The molecule has 1 aliphatic rings. The second kappa shape index (κ2) is 7.21. The zero-order valence-electron chi connectivity index (χ0n) is 15.3. The molecule has 1 amide bonds. The predicted molar refractivity (Wildman–Crippen MR) is 108 cm³/mol. The maximum absolute atomic E-state index is 15.3. The van der Waals surface area contributed by atoms with Gasteiger partial charge in [-0.3, -0.25) is 18.6 Å². The molecule has 1 aliphatic heterocycles. The summed E-state index contributed by atoms with van der Waals surface area (Å²) in [4.78, 5) is 24.1. The Hall–Kier alpha value is -3.40. The van der Waals surface area contributed by atoms with Crippen LogP contribution in [0, 0.1) is 5.82 Å². The lowest BCUT2D eigenvalue weighted by atomic mass is 10.1. The van der Waals surface area contributed by atoms with E-state index in [1.165, 1.54) is 23.7 Å². The molecular formula is C19H17FN4O4S. The summed E-state index contributed by atoms with van der Waals surface area (Å²) in [6, 6.07) is 12.0. The third-order valence-electron chi connectivity index (χ3n) is 4.69. The molecule has 0 aliphatic carbocycles. The average Bonchev–Trinajstić information content (AvgIpc) is 3.03. The van der Waals surface area contributed by atoms with Crippen molar-refractivity contribution in [3.8, 4) is 5.75 Å². The van der Waals surface area contributed by atoms with Crippen molar-refractivity contribution in [2.24, 2.45) is 7.05 Å². The van der Waals surface area contributed by atoms with Crippen molar-refractivity contribution in [1.29, 1.82) is 0 Å². The molecule has 29 heavy (non-hydrogen) atoms. The van der Waals surface area contributed by atoms with Gasteiger partial charge in [-0.25, -0.2) is 8.60 Å². The Morgan fingerprint density at radius 1 is 1.24 bits per heavy atom. The molecule has 3 aromatic rings. The number of nitrogens with one attached hydrogen (secondary N) is 2. The standard InChI is InChI=1S/C19H17FN4O4S/c1-23-14-8-15(25)18(24-10-16(26)22-29(24)28)17(20)12(14)7-13(19(23)27)21-9-11-5-3-2-4-6-11/h2-8,21,25H,9-10H2,1H3,(H,22,26). The van der Waals surface area contributed by atoms with Crippen molar-refractivity contribution in [2.45, 2.75) is 6.54 Å². The van der Waals surface area contributed by atoms with Crippen molar-refractivity contribution in [3.63, 3.8) is 0 Å². The predicted octanol–water partition coefficient (Wildman–Crippen LogP) is 1.51. The lowest BCUT2D eigenvalue weighted by Crippen LogP contribution is -2.25. The number of aromatic hydroxyl groups is 1. The number of aromatic nitrogens is 1. The molecule has 1 unspecified atom stereocenters. The number of phenols is 1. The highest BCUT2D eigenvalue weighted by Gasteiger charge is 2.32. The molecule has 1 fully saturated rings. The van der Waals surface area contributed by atoms with Crippen LogP contribution in [0.15, 0.2) is 47.3 Å². The number of aryl methyl sites for hydroxylation is 1. The highest BCUT2D eigenvalue weighted by molar-refractivity contribution is 7.85. The molecule has 1 aromatic heterocycles. The van der Waals surface area contributed by atoms with E-state index in [-0.39, 0.29) is 34.4 Å². The highest BCUT2D eigenvalue weighted by atomic mass is 32.2. The number of pyridine rings is 1. The van der Waals surface area contributed by atoms with Crippen molar-refractivity contribution < 1.29 is 18.5 Å². The van der Waals surface area contributed by atoms with Crippen LogP contribution in [-0.4, -0.2) is 26.3 Å². The molecule has 150 valence electrons. The SMILES string of the molecule is Cn1c(=O)c(NCc2ccccc2)cc2c(F)c(N3CC(=O)NS3=O)c(O)cc21. The lowest BCUT2D eigenvalue weighted by Gasteiger charge is -2.19. The molecular weight excluding hydrogens is 399 g/mol. The second-order valence-corrected chi connectivity index (χ2v) is 7.71. The van der Waals surface area contributed by atoms with Gasteiger partial charge in [0.25, 0.3) is 11.5 Å². The number of rotatable bonds is 4. The number of hydrogen-bond acceptors (Lipinski definition) is 5. The first-order valence-electron chi connectivity index (χ1n) is 8.68. The van der Waals surface area contributed by atoms with E-state index >= 15 is 4.39 Å². The van der Waals surface area contributed by atoms with E-state index in [1.54, 1.807) is 0 Å². The van der Waals surface area contributed by atoms with Gasteiger partial charge in [0.05, 0.1) is 5.52 Å². The molecule has 1 saturated heterocycles. The number of carbonyl (C=O) groups is 1. The van der Waals surface area contributed by atoms with Gasteiger partial charge in [-0.1, -0.05) is 30.3 Å². The van der Waals surface area contributed by atoms with Crippen LogP contribution in [0.1, 0.15) is 5.56 Å². The van der Waals surface area contributed by atoms with Crippen molar-refractivity contribution in [1.82, 2.24) is 9.29 Å². The van der Waals surface area contributed by atoms with Gasteiger partial charge in [-0.05, 0) is 11.6 Å². The van der Waals surface area contributed by atoms with Crippen molar-refractivity contribution in [3.05, 3.63) is 64.2 Å². The van der Waals surface area contributed by atoms with Gasteiger partial charge >= 0.3 is 0 Å². The molecule has 0 saturated carbocycles. The van der Waals surface area contributed by atoms with Crippen molar-refractivity contribution in [2.75, 3.05) is 16.2 Å². The number of amides is 1. The van der Waals surface area contributed by atoms with E-state index in [9.17, 15) is 18.9 Å². The smallest absolute Gasteiger partial charge is 0.274 e. The normalized spacial score (nSPS) is 16.3. The van der Waals surface area contributed by atoms with Crippen LogP contribution in [0.3, 0.4) is 0 Å². The Kier molecular flexibility index (Phi) is 4.71. The van der Waals surface area contributed by atoms with Crippen LogP contribution in [0.5, 0.6) is 5.75 Å². The van der Waals surface area contributed by atoms with Crippen LogP contribution in [0.4, 0.5) is 15.8 Å². The molecule has 2 aromatic carbocycles. The quantitative estimate of drug-likeness (QED) is 0.598.